The number of imide groups is 1. The van der Waals surface area contributed by atoms with Gasteiger partial charge in [0.25, 0.3) is 11.8 Å². The van der Waals surface area contributed by atoms with Crippen LogP contribution in [0.15, 0.2) is 60.7 Å². The Morgan fingerprint density at radius 3 is 2.41 bits per heavy atom. The van der Waals surface area contributed by atoms with Crippen LogP contribution in [0.4, 0.5) is 10.5 Å². The molecular formula is C26H29N3O5. The minimum atomic E-state index is -1.21. The Morgan fingerprint density at radius 2 is 1.76 bits per heavy atom. The standard InChI is InChI=1S/C26H29N3O5/c1-2-26(16-15-22(30)27-24(26)32)29(20-12-7-4-8-13-20)23(31)21-14-9-17-28(21)25(33)34-18-19-10-5-3-6-11-19/h3-8,10-13,21H,2,9,14-18H2,1H3,(H,27,30,32). The largest absolute Gasteiger partial charge is 0.445 e. The molecule has 0 aromatic heterocycles. The summed E-state index contributed by atoms with van der Waals surface area (Å²) >= 11 is 0. The van der Waals surface area contributed by atoms with Crippen molar-refractivity contribution in [2.75, 3.05) is 11.4 Å². The molecule has 2 aromatic carbocycles. The number of ether oxygens (including phenoxy) is 1. The fourth-order valence-corrected chi connectivity index (χ4v) is 4.80. The van der Waals surface area contributed by atoms with Crippen LogP contribution >= 0.6 is 0 Å². The fraction of sp³-hybridized carbons (Fsp3) is 0.385. The van der Waals surface area contributed by atoms with Gasteiger partial charge in [0.2, 0.25) is 5.91 Å². The highest BCUT2D eigenvalue weighted by Crippen LogP contribution is 2.36. The minimum absolute atomic E-state index is 0.114. The fourth-order valence-electron chi connectivity index (χ4n) is 4.80. The lowest BCUT2D eigenvalue weighted by atomic mass is 9.83. The summed E-state index contributed by atoms with van der Waals surface area (Å²) in [5, 5.41) is 2.41. The van der Waals surface area contributed by atoms with Crippen LogP contribution < -0.4 is 10.2 Å². The molecule has 2 fully saturated rings. The van der Waals surface area contributed by atoms with Gasteiger partial charge in [0.1, 0.15) is 18.2 Å². The smallest absolute Gasteiger partial charge is 0.410 e. The van der Waals surface area contributed by atoms with Crippen LogP contribution in [0.3, 0.4) is 0 Å². The van der Waals surface area contributed by atoms with E-state index in [4.69, 9.17) is 4.74 Å². The summed E-state index contributed by atoms with van der Waals surface area (Å²) in [6.45, 7) is 2.35. The number of para-hydroxylation sites is 1. The number of nitrogens with one attached hydrogen (secondary N) is 1. The molecule has 2 atom stereocenters. The molecule has 2 aliphatic rings. The predicted octanol–water partition coefficient (Wildman–Crippen LogP) is 3.41. The zero-order valence-corrected chi connectivity index (χ0v) is 19.2. The van der Waals surface area contributed by atoms with Crippen LogP contribution in [-0.2, 0) is 25.7 Å². The van der Waals surface area contributed by atoms with Gasteiger partial charge in [-0.25, -0.2) is 4.79 Å². The van der Waals surface area contributed by atoms with E-state index in [-0.39, 0.29) is 31.3 Å². The monoisotopic (exact) mass is 463 g/mol. The zero-order chi connectivity index (χ0) is 24.1. The molecule has 4 rings (SSSR count). The molecule has 0 bridgehead atoms. The van der Waals surface area contributed by atoms with Crippen LogP contribution in [-0.4, -0.2) is 46.8 Å². The van der Waals surface area contributed by atoms with Crippen molar-refractivity contribution in [3.63, 3.8) is 0 Å². The lowest BCUT2D eigenvalue weighted by Crippen LogP contribution is -2.66. The van der Waals surface area contributed by atoms with Crippen LogP contribution in [0.25, 0.3) is 0 Å². The number of carbonyl (C=O) groups excluding carboxylic acids is 4. The topological polar surface area (TPSA) is 96.0 Å². The average Bonchev–Trinajstić information content (AvgIpc) is 3.36. The molecule has 2 aliphatic heterocycles. The molecule has 34 heavy (non-hydrogen) atoms. The third kappa shape index (κ3) is 4.53. The Labute approximate surface area is 198 Å². The number of benzene rings is 2. The Kier molecular flexibility index (Phi) is 6.95. The highest BCUT2D eigenvalue weighted by atomic mass is 16.6. The van der Waals surface area contributed by atoms with Crippen LogP contribution in [0.2, 0.25) is 0 Å². The average molecular weight is 464 g/mol. The van der Waals surface area contributed by atoms with Gasteiger partial charge in [-0.15, -0.1) is 0 Å². The second kappa shape index (κ2) is 10.1. The van der Waals surface area contributed by atoms with Crippen molar-refractivity contribution in [2.45, 2.75) is 57.2 Å². The minimum Gasteiger partial charge on any atom is -0.445 e. The molecule has 0 aliphatic carbocycles. The van der Waals surface area contributed by atoms with Gasteiger partial charge in [-0.3, -0.25) is 29.5 Å². The van der Waals surface area contributed by atoms with Crippen molar-refractivity contribution in [3.8, 4) is 0 Å². The molecule has 1 N–H and O–H groups in total. The molecule has 4 amide bonds. The van der Waals surface area contributed by atoms with Crippen molar-refractivity contribution >= 4 is 29.5 Å². The van der Waals surface area contributed by atoms with E-state index < -0.39 is 23.6 Å². The summed E-state index contributed by atoms with van der Waals surface area (Å²) in [5.41, 5.74) is 0.204. The van der Waals surface area contributed by atoms with E-state index in [1.165, 1.54) is 9.80 Å². The van der Waals surface area contributed by atoms with E-state index in [9.17, 15) is 19.2 Å². The highest BCUT2D eigenvalue weighted by Gasteiger charge is 2.51. The van der Waals surface area contributed by atoms with Gasteiger partial charge in [0, 0.05) is 18.7 Å². The number of carbonyl (C=O) groups is 4. The Balaban J connectivity index is 1.61. The summed E-state index contributed by atoms with van der Waals surface area (Å²) in [6.07, 6.45) is 1.27. The normalized spacial score (nSPS) is 22.3. The van der Waals surface area contributed by atoms with Crippen molar-refractivity contribution in [1.82, 2.24) is 10.2 Å². The summed E-state index contributed by atoms with van der Waals surface area (Å²) in [5.74, 6) is -1.17. The first-order valence-corrected chi connectivity index (χ1v) is 11.7. The van der Waals surface area contributed by atoms with E-state index in [0.29, 0.717) is 31.5 Å². The van der Waals surface area contributed by atoms with E-state index in [0.717, 1.165) is 5.56 Å². The van der Waals surface area contributed by atoms with Gasteiger partial charge in [-0.2, -0.15) is 0 Å². The quantitative estimate of drug-likeness (QED) is 0.663. The Morgan fingerprint density at radius 1 is 1.09 bits per heavy atom. The summed E-state index contributed by atoms with van der Waals surface area (Å²) < 4.78 is 5.50. The Hall–Kier alpha value is -3.68. The maximum atomic E-state index is 14.0. The van der Waals surface area contributed by atoms with Crippen molar-refractivity contribution in [2.24, 2.45) is 0 Å². The number of amides is 4. The van der Waals surface area contributed by atoms with E-state index in [2.05, 4.69) is 5.32 Å². The van der Waals surface area contributed by atoms with Crippen molar-refractivity contribution in [3.05, 3.63) is 66.2 Å². The number of piperidine rings is 1. The lowest BCUT2D eigenvalue weighted by Gasteiger charge is -2.45. The van der Waals surface area contributed by atoms with Crippen LogP contribution in [0, 0.1) is 0 Å². The molecule has 178 valence electrons. The maximum absolute atomic E-state index is 14.0. The second-order valence-electron chi connectivity index (χ2n) is 8.66. The zero-order valence-electron chi connectivity index (χ0n) is 19.2. The lowest BCUT2D eigenvalue weighted by molar-refractivity contribution is -0.140. The van der Waals surface area contributed by atoms with Gasteiger partial charge < -0.3 is 4.74 Å². The molecule has 2 aromatic rings. The third-order valence-electron chi connectivity index (χ3n) is 6.67. The van der Waals surface area contributed by atoms with Gasteiger partial charge in [-0.1, -0.05) is 55.5 Å². The van der Waals surface area contributed by atoms with Gasteiger partial charge >= 0.3 is 6.09 Å². The van der Waals surface area contributed by atoms with Gasteiger partial charge in [-0.05, 0) is 43.4 Å². The molecule has 0 radical (unpaired) electrons. The Bertz CT molecular complexity index is 1060. The number of hydrogen-bond acceptors (Lipinski definition) is 5. The summed E-state index contributed by atoms with van der Waals surface area (Å²) in [6, 6.07) is 17.6. The van der Waals surface area contributed by atoms with E-state index in [1.54, 1.807) is 24.3 Å². The van der Waals surface area contributed by atoms with Crippen molar-refractivity contribution < 1.29 is 23.9 Å². The number of rotatable bonds is 6. The maximum Gasteiger partial charge on any atom is 0.410 e. The van der Waals surface area contributed by atoms with Crippen molar-refractivity contribution in [1.29, 1.82) is 0 Å². The molecule has 8 heteroatoms. The SMILES string of the molecule is CCC1(N(C(=O)C2CCCN2C(=O)OCc2ccccc2)c2ccccc2)CCC(=O)NC1=O. The number of nitrogens with zero attached hydrogens (tertiary/aromatic N) is 2. The predicted molar refractivity (Wildman–Crippen MR) is 126 cm³/mol. The second-order valence-corrected chi connectivity index (χ2v) is 8.66. The molecule has 2 saturated heterocycles. The first-order chi connectivity index (χ1) is 16.5. The van der Waals surface area contributed by atoms with Gasteiger partial charge in [0.05, 0.1) is 0 Å². The van der Waals surface area contributed by atoms with Crippen LogP contribution in [0.1, 0.15) is 44.6 Å². The first kappa shape index (κ1) is 23.5. The molecule has 2 unspecified atom stereocenters. The van der Waals surface area contributed by atoms with E-state index in [1.807, 2.05) is 43.3 Å². The summed E-state index contributed by atoms with van der Waals surface area (Å²) in [7, 11) is 0. The van der Waals surface area contributed by atoms with Crippen LogP contribution in [0.5, 0.6) is 0 Å². The molecule has 0 spiro atoms. The highest BCUT2D eigenvalue weighted by molar-refractivity contribution is 6.11. The molecular weight excluding hydrogens is 434 g/mol. The van der Waals surface area contributed by atoms with E-state index >= 15 is 0 Å². The number of hydrogen-bond donors (Lipinski definition) is 1. The molecule has 8 nitrogen and oxygen atoms in total. The summed E-state index contributed by atoms with van der Waals surface area (Å²) in [4.78, 5) is 55.0. The van der Waals surface area contributed by atoms with Gasteiger partial charge in [0.15, 0.2) is 0 Å². The first-order valence-electron chi connectivity index (χ1n) is 11.7. The molecule has 0 saturated carbocycles. The number of likely N-dealkylation sites (tertiary alicyclic amines) is 1. The third-order valence-corrected chi connectivity index (χ3v) is 6.67. The molecule has 2 heterocycles. The number of anilines is 1.